The van der Waals surface area contributed by atoms with E-state index < -0.39 is 0 Å². The van der Waals surface area contributed by atoms with Crippen LogP contribution in [0, 0.1) is 6.92 Å². The summed E-state index contributed by atoms with van der Waals surface area (Å²) in [4.78, 5) is 12.0. The summed E-state index contributed by atoms with van der Waals surface area (Å²) in [5.41, 5.74) is 4.63. The number of nitrogens with zero attached hydrogens (tertiary/aromatic N) is 2. The van der Waals surface area contributed by atoms with Crippen LogP contribution in [0.3, 0.4) is 0 Å². The summed E-state index contributed by atoms with van der Waals surface area (Å²) in [5.74, 6) is 1.62. The number of aromatic amines is 1. The number of hydrogen-bond acceptors (Lipinski definition) is 2. The van der Waals surface area contributed by atoms with Crippen LogP contribution in [-0.2, 0) is 13.1 Å². The van der Waals surface area contributed by atoms with Crippen LogP contribution in [0.1, 0.15) is 17.0 Å². The molecule has 136 valence electrons. The summed E-state index contributed by atoms with van der Waals surface area (Å²) < 4.78 is 0. The third kappa shape index (κ3) is 5.59. The standard InChI is InChI=1S/C20H23N5.HI/c1-15-7-6-8-16(11-15)12-23-20(21-2)24-14-19-22-13-18(25-19)17-9-4-3-5-10-17;/h3-11,13H,12,14H2,1-2H3,(H,22,25)(H2,21,23,24);1H. The smallest absolute Gasteiger partial charge is 0.191 e. The molecule has 3 aromatic rings. The van der Waals surface area contributed by atoms with E-state index in [0.717, 1.165) is 29.6 Å². The molecular formula is C20H24IN5. The number of aryl methyl sites for hydroxylation is 1. The average Bonchev–Trinajstić information content (AvgIpc) is 3.12. The quantitative estimate of drug-likeness (QED) is 0.307. The minimum absolute atomic E-state index is 0. The van der Waals surface area contributed by atoms with E-state index >= 15 is 0 Å². The van der Waals surface area contributed by atoms with E-state index in [-0.39, 0.29) is 24.0 Å². The Hall–Kier alpha value is -2.35. The fourth-order valence-corrected chi connectivity index (χ4v) is 2.61. The molecule has 0 aliphatic heterocycles. The van der Waals surface area contributed by atoms with E-state index in [1.54, 1.807) is 7.05 Å². The van der Waals surface area contributed by atoms with Crippen molar-refractivity contribution in [3.8, 4) is 11.3 Å². The number of halogens is 1. The zero-order valence-corrected chi connectivity index (χ0v) is 17.3. The van der Waals surface area contributed by atoms with Crippen LogP contribution in [0.5, 0.6) is 0 Å². The molecule has 0 spiro atoms. The van der Waals surface area contributed by atoms with Crippen molar-refractivity contribution in [2.24, 2.45) is 4.99 Å². The zero-order valence-electron chi connectivity index (χ0n) is 15.0. The average molecular weight is 461 g/mol. The van der Waals surface area contributed by atoms with Crippen LogP contribution in [0.4, 0.5) is 0 Å². The van der Waals surface area contributed by atoms with Crippen LogP contribution in [0.25, 0.3) is 11.3 Å². The van der Waals surface area contributed by atoms with Crippen LogP contribution in [0.2, 0.25) is 0 Å². The van der Waals surface area contributed by atoms with Crippen molar-refractivity contribution in [2.75, 3.05) is 7.05 Å². The van der Waals surface area contributed by atoms with Crippen molar-refractivity contribution in [3.05, 3.63) is 77.7 Å². The van der Waals surface area contributed by atoms with Gasteiger partial charge in [-0.25, -0.2) is 4.98 Å². The fraction of sp³-hybridized carbons (Fsp3) is 0.200. The molecule has 6 heteroatoms. The SMILES string of the molecule is CN=C(NCc1cccc(C)c1)NCc1ncc(-c2ccccc2)[nH]1.I. The maximum absolute atomic E-state index is 4.43. The molecule has 0 saturated heterocycles. The molecule has 3 rings (SSSR count). The lowest BCUT2D eigenvalue weighted by atomic mass is 10.1. The first-order valence-electron chi connectivity index (χ1n) is 8.34. The number of aliphatic imine (C=N–C) groups is 1. The van der Waals surface area contributed by atoms with Crippen molar-refractivity contribution in [2.45, 2.75) is 20.0 Å². The fourth-order valence-electron chi connectivity index (χ4n) is 2.61. The van der Waals surface area contributed by atoms with Crippen LogP contribution >= 0.6 is 24.0 Å². The van der Waals surface area contributed by atoms with E-state index in [1.165, 1.54) is 11.1 Å². The van der Waals surface area contributed by atoms with Gasteiger partial charge in [0.1, 0.15) is 5.82 Å². The van der Waals surface area contributed by atoms with Gasteiger partial charge in [0, 0.05) is 13.6 Å². The maximum atomic E-state index is 4.43. The van der Waals surface area contributed by atoms with Gasteiger partial charge in [-0.1, -0.05) is 60.2 Å². The van der Waals surface area contributed by atoms with E-state index in [1.807, 2.05) is 24.4 Å². The number of imidazole rings is 1. The molecule has 0 atom stereocenters. The molecule has 0 radical (unpaired) electrons. The van der Waals surface area contributed by atoms with Gasteiger partial charge in [0.05, 0.1) is 18.4 Å². The summed E-state index contributed by atoms with van der Waals surface area (Å²) >= 11 is 0. The van der Waals surface area contributed by atoms with Crippen LogP contribution < -0.4 is 10.6 Å². The molecule has 0 unspecified atom stereocenters. The monoisotopic (exact) mass is 461 g/mol. The van der Waals surface area contributed by atoms with Gasteiger partial charge in [-0.2, -0.15) is 0 Å². The second-order valence-electron chi connectivity index (χ2n) is 5.88. The molecule has 3 N–H and O–H groups in total. The number of aromatic nitrogens is 2. The van der Waals surface area contributed by atoms with E-state index in [9.17, 15) is 0 Å². The van der Waals surface area contributed by atoms with Crippen molar-refractivity contribution in [1.82, 2.24) is 20.6 Å². The molecule has 0 saturated carbocycles. The second kappa shape index (κ2) is 9.96. The Morgan fingerprint density at radius 2 is 1.81 bits per heavy atom. The van der Waals surface area contributed by atoms with Gasteiger partial charge < -0.3 is 15.6 Å². The van der Waals surface area contributed by atoms with Crippen molar-refractivity contribution < 1.29 is 0 Å². The highest BCUT2D eigenvalue weighted by Gasteiger charge is 2.04. The first kappa shape index (κ1) is 20.0. The number of guanidine groups is 1. The molecule has 0 aliphatic rings. The molecule has 1 heterocycles. The Labute approximate surface area is 171 Å². The lowest BCUT2D eigenvalue weighted by molar-refractivity contribution is 0.782. The number of benzene rings is 2. The minimum atomic E-state index is 0. The Bertz CT molecular complexity index is 842. The van der Waals surface area contributed by atoms with Gasteiger partial charge in [-0.15, -0.1) is 24.0 Å². The van der Waals surface area contributed by atoms with Gasteiger partial charge in [0.25, 0.3) is 0 Å². The molecule has 0 amide bonds. The highest BCUT2D eigenvalue weighted by molar-refractivity contribution is 14.0. The Kier molecular flexibility index (Phi) is 7.65. The highest BCUT2D eigenvalue weighted by atomic mass is 127. The molecule has 0 aliphatic carbocycles. The Morgan fingerprint density at radius 3 is 2.54 bits per heavy atom. The van der Waals surface area contributed by atoms with Crippen molar-refractivity contribution >= 4 is 29.9 Å². The maximum Gasteiger partial charge on any atom is 0.191 e. The van der Waals surface area contributed by atoms with Gasteiger partial charge in [0.15, 0.2) is 5.96 Å². The molecule has 0 fully saturated rings. The predicted octanol–water partition coefficient (Wildman–Crippen LogP) is 3.87. The Balaban J connectivity index is 0.00000243. The molecule has 26 heavy (non-hydrogen) atoms. The topological polar surface area (TPSA) is 65.1 Å². The van der Waals surface area contributed by atoms with Gasteiger partial charge in [-0.05, 0) is 18.1 Å². The van der Waals surface area contributed by atoms with Crippen LogP contribution in [0.15, 0.2) is 65.8 Å². The number of H-pyrrole nitrogens is 1. The zero-order chi connectivity index (χ0) is 17.5. The normalized spacial score (nSPS) is 10.9. The Morgan fingerprint density at radius 1 is 1.04 bits per heavy atom. The predicted molar refractivity (Wildman–Crippen MR) is 118 cm³/mol. The summed E-state index contributed by atoms with van der Waals surface area (Å²) in [6, 6.07) is 18.6. The molecular weight excluding hydrogens is 437 g/mol. The largest absolute Gasteiger partial charge is 0.352 e. The summed E-state index contributed by atoms with van der Waals surface area (Å²) in [7, 11) is 1.77. The van der Waals surface area contributed by atoms with Gasteiger partial charge in [-0.3, -0.25) is 4.99 Å². The molecule has 0 bridgehead atoms. The number of rotatable bonds is 5. The lowest BCUT2D eigenvalue weighted by Gasteiger charge is -2.11. The molecule has 5 nitrogen and oxygen atoms in total. The molecule has 2 aromatic carbocycles. The lowest BCUT2D eigenvalue weighted by Crippen LogP contribution is -2.36. The number of nitrogens with one attached hydrogen (secondary N) is 3. The number of hydrogen-bond donors (Lipinski definition) is 3. The second-order valence-corrected chi connectivity index (χ2v) is 5.88. The van der Waals surface area contributed by atoms with Gasteiger partial charge in [0.2, 0.25) is 0 Å². The highest BCUT2D eigenvalue weighted by Crippen LogP contribution is 2.15. The van der Waals surface area contributed by atoms with E-state index in [4.69, 9.17) is 0 Å². The van der Waals surface area contributed by atoms with Crippen molar-refractivity contribution in [3.63, 3.8) is 0 Å². The van der Waals surface area contributed by atoms with Crippen molar-refractivity contribution in [1.29, 1.82) is 0 Å². The first-order valence-corrected chi connectivity index (χ1v) is 8.34. The minimum Gasteiger partial charge on any atom is -0.352 e. The van der Waals surface area contributed by atoms with E-state index in [0.29, 0.717) is 6.54 Å². The third-order valence-corrected chi connectivity index (χ3v) is 3.90. The molecule has 1 aromatic heterocycles. The van der Waals surface area contributed by atoms with Gasteiger partial charge >= 0.3 is 0 Å². The van der Waals surface area contributed by atoms with Crippen LogP contribution in [-0.4, -0.2) is 23.0 Å². The van der Waals surface area contributed by atoms with E-state index in [2.05, 4.69) is 68.9 Å². The summed E-state index contributed by atoms with van der Waals surface area (Å²) in [6.07, 6.45) is 1.86. The first-order chi connectivity index (χ1) is 12.2. The third-order valence-electron chi connectivity index (χ3n) is 3.90. The summed E-state index contributed by atoms with van der Waals surface area (Å²) in [6.45, 7) is 3.41. The summed E-state index contributed by atoms with van der Waals surface area (Å²) in [5, 5.41) is 6.60.